The molecule has 0 amide bonds. The second-order valence-corrected chi connectivity index (χ2v) is 3.58. The van der Waals surface area contributed by atoms with Crippen LogP contribution in [-0.4, -0.2) is 26.8 Å². The van der Waals surface area contributed by atoms with Crippen LogP contribution in [0.5, 0.6) is 5.75 Å². The molecule has 0 atom stereocenters. The summed E-state index contributed by atoms with van der Waals surface area (Å²) in [6.07, 6.45) is 1.37. The van der Waals surface area contributed by atoms with E-state index < -0.39 is 0 Å². The fourth-order valence-electron chi connectivity index (χ4n) is 1.46. The van der Waals surface area contributed by atoms with Crippen molar-refractivity contribution >= 4 is 0 Å². The van der Waals surface area contributed by atoms with Crippen LogP contribution in [0.15, 0.2) is 24.3 Å². The molecule has 0 aliphatic carbocycles. The summed E-state index contributed by atoms with van der Waals surface area (Å²) in [5, 5.41) is 16.1. The average Bonchev–Trinajstić information content (AvgIpc) is 2.70. The van der Waals surface area contributed by atoms with Crippen molar-refractivity contribution in [2.45, 2.75) is 12.8 Å². The quantitative estimate of drug-likeness (QED) is 0.701. The summed E-state index contributed by atoms with van der Waals surface area (Å²) in [7, 11) is 0. The molecule has 84 valence electrons. The molecular formula is C11H14N4O. The maximum atomic E-state index is 9.15. The zero-order valence-electron chi connectivity index (χ0n) is 8.85. The number of phenols is 1. The van der Waals surface area contributed by atoms with E-state index in [1.54, 1.807) is 12.1 Å². The van der Waals surface area contributed by atoms with E-state index in [1.165, 1.54) is 0 Å². The number of hydrogen-bond acceptors (Lipinski definition) is 4. The normalized spacial score (nSPS) is 10.6. The van der Waals surface area contributed by atoms with Crippen molar-refractivity contribution in [2.24, 2.45) is 5.73 Å². The summed E-state index contributed by atoms with van der Waals surface area (Å²) in [4.78, 5) is 4.31. The van der Waals surface area contributed by atoms with Crippen LogP contribution in [0.3, 0.4) is 0 Å². The third kappa shape index (κ3) is 2.58. The number of aromatic hydroxyl groups is 1. The lowest BCUT2D eigenvalue weighted by atomic mass is 10.1. The van der Waals surface area contributed by atoms with E-state index in [0.29, 0.717) is 19.4 Å². The van der Waals surface area contributed by atoms with Gasteiger partial charge in [0.15, 0.2) is 5.82 Å². The van der Waals surface area contributed by atoms with Gasteiger partial charge in [0.1, 0.15) is 11.6 Å². The number of nitrogens with zero attached hydrogens (tertiary/aromatic N) is 2. The number of hydrogen-bond donors (Lipinski definition) is 3. The molecule has 0 fully saturated rings. The van der Waals surface area contributed by atoms with Crippen molar-refractivity contribution in [3.63, 3.8) is 0 Å². The Morgan fingerprint density at radius 1 is 1.25 bits per heavy atom. The highest BCUT2D eigenvalue weighted by molar-refractivity contribution is 5.27. The van der Waals surface area contributed by atoms with Gasteiger partial charge in [-0.25, -0.2) is 4.98 Å². The smallest absolute Gasteiger partial charge is 0.151 e. The molecule has 5 heteroatoms. The molecule has 1 heterocycles. The number of H-pyrrole nitrogens is 1. The fraction of sp³-hybridized carbons (Fsp3) is 0.273. The standard InChI is InChI=1S/C11H14N4O/c12-6-5-10-13-11(15-14-10)7-8-1-3-9(16)4-2-8/h1-4,16H,5-7,12H2,(H,13,14,15). The third-order valence-corrected chi connectivity index (χ3v) is 2.25. The van der Waals surface area contributed by atoms with E-state index in [9.17, 15) is 0 Å². The summed E-state index contributed by atoms with van der Waals surface area (Å²) >= 11 is 0. The highest BCUT2D eigenvalue weighted by atomic mass is 16.3. The number of aromatic amines is 1. The van der Waals surface area contributed by atoms with Crippen molar-refractivity contribution in [3.8, 4) is 5.75 Å². The Balaban J connectivity index is 2.05. The molecule has 0 bridgehead atoms. The maximum absolute atomic E-state index is 9.15. The maximum Gasteiger partial charge on any atom is 0.151 e. The minimum absolute atomic E-state index is 0.269. The van der Waals surface area contributed by atoms with Gasteiger partial charge >= 0.3 is 0 Å². The fourth-order valence-corrected chi connectivity index (χ4v) is 1.46. The second-order valence-electron chi connectivity index (χ2n) is 3.58. The van der Waals surface area contributed by atoms with E-state index in [0.717, 1.165) is 17.2 Å². The first-order chi connectivity index (χ1) is 7.78. The van der Waals surface area contributed by atoms with Gasteiger partial charge in [-0.15, -0.1) is 0 Å². The summed E-state index contributed by atoms with van der Waals surface area (Å²) in [5.41, 5.74) is 6.49. The molecule has 1 aromatic carbocycles. The minimum atomic E-state index is 0.269. The topological polar surface area (TPSA) is 87.8 Å². The molecule has 1 aromatic heterocycles. The van der Waals surface area contributed by atoms with Crippen molar-refractivity contribution in [1.82, 2.24) is 15.2 Å². The molecule has 5 nitrogen and oxygen atoms in total. The van der Waals surface area contributed by atoms with Crippen LogP contribution >= 0.6 is 0 Å². The Bertz CT molecular complexity index is 449. The number of nitrogens with one attached hydrogen (secondary N) is 1. The van der Waals surface area contributed by atoms with Gasteiger partial charge in [-0.05, 0) is 24.2 Å². The highest BCUT2D eigenvalue weighted by Gasteiger charge is 2.03. The minimum Gasteiger partial charge on any atom is -0.508 e. The molecule has 0 radical (unpaired) electrons. The van der Waals surface area contributed by atoms with E-state index >= 15 is 0 Å². The monoisotopic (exact) mass is 218 g/mol. The van der Waals surface area contributed by atoms with Crippen LogP contribution in [-0.2, 0) is 12.8 Å². The van der Waals surface area contributed by atoms with Crippen LogP contribution in [0.25, 0.3) is 0 Å². The van der Waals surface area contributed by atoms with Gasteiger partial charge in [0, 0.05) is 12.8 Å². The lowest BCUT2D eigenvalue weighted by molar-refractivity contribution is 0.475. The second kappa shape index (κ2) is 4.76. The number of rotatable bonds is 4. The van der Waals surface area contributed by atoms with Gasteiger partial charge in [-0.3, -0.25) is 5.10 Å². The molecule has 16 heavy (non-hydrogen) atoms. The molecule has 4 N–H and O–H groups in total. The zero-order chi connectivity index (χ0) is 11.4. The largest absolute Gasteiger partial charge is 0.508 e. The molecular weight excluding hydrogens is 204 g/mol. The van der Waals surface area contributed by atoms with Gasteiger partial charge in [-0.2, -0.15) is 5.10 Å². The third-order valence-electron chi connectivity index (χ3n) is 2.25. The van der Waals surface area contributed by atoms with Gasteiger partial charge in [-0.1, -0.05) is 12.1 Å². The molecule has 0 aliphatic rings. The Morgan fingerprint density at radius 3 is 2.69 bits per heavy atom. The molecule has 0 aliphatic heterocycles. The zero-order valence-corrected chi connectivity index (χ0v) is 8.85. The lowest BCUT2D eigenvalue weighted by Gasteiger charge is -1.97. The molecule has 0 saturated heterocycles. The summed E-state index contributed by atoms with van der Waals surface area (Å²) in [6, 6.07) is 7.04. The predicted molar refractivity (Wildman–Crippen MR) is 60.1 cm³/mol. The number of nitrogens with two attached hydrogens (primary N) is 1. The van der Waals surface area contributed by atoms with Crippen LogP contribution in [0, 0.1) is 0 Å². The van der Waals surface area contributed by atoms with Crippen molar-refractivity contribution in [2.75, 3.05) is 6.54 Å². The van der Waals surface area contributed by atoms with Gasteiger partial charge < -0.3 is 10.8 Å². The number of aromatic nitrogens is 3. The molecule has 0 saturated carbocycles. The van der Waals surface area contributed by atoms with Gasteiger partial charge in [0.05, 0.1) is 0 Å². The van der Waals surface area contributed by atoms with Crippen molar-refractivity contribution in [1.29, 1.82) is 0 Å². The van der Waals surface area contributed by atoms with Gasteiger partial charge in [0.25, 0.3) is 0 Å². The van der Waals surface area contributed by atoms with Crippen molar-refractivity contribution < 1.29 is 5.11 Å². The van der Waals surface area contributed by atoms with Crippen molar-refractivity contribution in [3.05, 3.63) is 41.5 Å². The Morgan fingerprint density at radius 2 is 2.00 bits per heavy atom. The molecule has 0 unspecified atom stereocenters. The summed E-state index contributed by atoms with van der Waals surface area (Å²) in [6.45, 7) is 0.552. The Kier molecular flexibility index (Phi) is 3.16. The van der Waals surface area contributed by atoms with E-state index in [4.69, 9.17) is 10.8 Å². The summed E-state index contributed by atoms with van der Waals surface area (Å²) in [5.74, 6) is 1.83. The van der Waals surface area contributed by atoms with Crippen LogP contribution in [0.2, 0.25) is 0 Å². The van der Waals surface area contributed by atoms with Gasteiger partial charge in [0.2, 0.25) is 0 Å². The first-order valence-electron chi connectivity index (χ1n) is 5.16. The number of phenolic OH excluding ortho intramolecular Hbond substituents is 1. The first kappa shape index (κ1) is 10.6. The number of benzene rings is 1. The molecule has 2 aromatic rings. The Labute approximate surface area is 93.3 Å². The predicted octanol–water partition coefficient (Wildman–Crippen LogP) is 0.602. The highest BCUT2D eigenvalue weighted by Crippen LogP contribution is 2.11. The Hall–Kier alpha value is -1.88. The average molecular weight is 218 g/mol. The van der Waals surface area contributed by atoms with E-state index in [1.807, 2.05) is 12.1 Å². The van der Waals surface area contributed by atoms with E-state index in [2.05, 4.69) is 15.2 Å². The van der Waals surface area contributed by atoms with Crippen LogP contribution < -0.4 is 5.73 Å². The van der Waals surface area contributed by atoms with Crippen LogP contribution in [0.4, 0.5) is 0 Å². The van der Waals surface area contributed by atoms with E-state index in [-0.39, 0.29) is 5.75 Å². The molecule has 2 rings (SSSR count). The first-order valence-corrected chi connectivity index (χ1v) is 5.16. The summed E-state index contributed by atoms with van der Waals surface area (Å²) < 4.78 is 0. The molecule has 0 spiro atoms. The lowest BCUT2D eigenvalue weighted by Crippen LogP contribution is -2.04. The SMILES string of the molecule is NCCc1n[nH]c(Cc2ccc(O)cc2)n1. The van der Waals surface area contributed by atoms with Crippen LogP contribution in [0.1, 0.15) is 17.2 Å².